The molecule has 86 valence electrons. The fourth-order valence-corrected chi connectivity index (χ4v) is 1.84. The summed E-state index contributed by atoms with van der Waals surface area (Å²) in [5.41, 5.74) is -4.07. The van der Waals surface area contributed by atoms with Crippen molar-refractivity contribution in [1.82, 2.24) is 0 Å². The third-order valence-corrected chi connectivity index (χ3v) is 2.54. The fraction of sp³-hybridized carbons (Fsp3) is 0.222. The van der Waals surface area contributed by atoms with Crippen LogP contribution in [0.4, 0.5) is 18.9 Å². The van der Waals surface area contributed by atoms with Crippen LogP contribution in [-0.4, -0.2) is 18.0 Å². The molecule has 7 heteroatoms. The van der Waals surface area contributed by atoms with E-state index in [4.69, 9.17) is 4.74 Å². The molecule has 0 bridgehead atoms. The molecule has 1 heterocycles. The van der Waals surface area contributed by atoms with Gasteiger partial charge in [0.15, 0.2) is 6.61 Å². The second-order valence-corrected chi connectivity index (χ2v) is 4.18. The zero-order valence-corrected chi connectivity index (χ0v) is 8.61. The zero-order valence-electron chi connectivity index (χ0n) is 7.80. The van der Waals surface area contributed by atoms with E-state index in [1.807, 2.05) is 0 Å². The molecule has 16 heavy (non-hydrogen) atoms. The van der Waals surface area contributed by atoms with Crippen LogP contribution in [0, 0.1) is 0 Å². The molecule has 1 aromatic rings. The van der Waals surface area contributed by atoms with Gasteiger partial charge in [-0.25, -0.2) is 0 Å². The molecule has 0 unspecified atom stereocenters. The van der Waals surface area contributed by atoms with Crippen molar-refractivity contribution in [3.63, 3.8) is 0 Å². The summed E-state index contributed by atoms with van der Waals surface area (Å²) in [7, 11) is 0. The van der Waals surface area contributed by atoms with Gasteiger partial charge >= 0.3 is 5.51 Å². The summed E-state index contributed by atoms with van der Waals surface area (Å²) in [5, 5.41) is 2.44. The number of fused-ring (bicyclic) bond motifs is 1. The van der Waals surface area contributed by atoms with E-state index in [0.29, 0.717) is 5.75 Å². The number of hydrogen-bond donors (Lipinski definition) is 1. The van der Waals surface area contributed by atoms with E-state index < -0.39 is 5.51 Å². The highest BCUT2D eigenvalue weighted by Crippen LogP contribution is 2.40. The van der Waals surface area contributed by atoms with Gasteiger partial charge in [0.25, 0.3) is 5.91 Å². The van der Waals surface area contributed by atoms with Gasteiger partial charge in [-0.15, -0.1) is 0 Å². The minimum absolute atomic E-state index is 0.0112. The van der Waals surface area contributed by atoms with E-state index in [0.717, 1.165) is 0 Å². The van der Waals surface area contributed by atoms with Gasteiger partial charge in [-0.2, -0.15) is 13.2 Å². The number of amides is 1. The summed E-state index contributed by atoms with van der Waals surface area (Å²) in [6.45, 7) is -0.112. The van der Waals surface area contributed by atoms with Crippen molar-refractivity contribution in [3.8, 4) is 5.75 Å². The van der Waals surface area contributed by atoms with E-state index >= 15 is 0 Å². The molecule has 1 aromatic carbocycles. The molecule has 0 fully saturated rings. The number of ether oxygens (including phenoxy) is 1. The second kappa shape index (κ2) is 3.89. The largest absolute Gasteiger partial charge is 0.482 e. The molecule has 0 spiro atoms. The van der Waals surface area contributed by atoms with Crippen LogP contribution in [0.15, 0.2) is 23.1 Å². The van der Waals surface area contributed by atoms with Crippen molar-refractivity contribution in [2.75, 3.05) is 11.9 Å². The molecule has 0 atom stereocenters. The molecule has 0 saturated carbocycles. The summed E-state index contributed by atoms with van der Waals surface area (Å²) in [6.07, 6.45) is 0. The lowest BCUT2D eigenvalue weighted by molar-refractivity contribution is -0.118. The number of halogens is 3. The number of rotatable bonds is 1. The highest BCUT2D eigenvalue weighted by molar-refractivity contribution is 8.00. The normalized spacial score (nSPS) is 15.1. The van der Waals surface area contributed by atoms with E-state index in [1.165, 1.54) is 18.2 Å². The summed E-state index contributed by atoms with van der Waals surface area (Å²) in [4.78, 5) is 11.0. The Hall–Kier alpha value is -1.37. The van der Waals surface area contributed by atoms with Gasteiger partial charge < -0.3 is 10.1 Å². The van der Waals surface area contributed by atoms with Gasteiger partial charge in [0, 0.05) is 4.90 Å². The van der Waals surface area contributed by atoms with Crippen molar-refractivity contribution in [2.24, 2.45) is 0 Å². The lowest BCUT2D eigenvalue weighted by Gasteiger charge is -2.18. The lowest BCUT2D eigenvalue weighted by atomic mass is 10.2. The second-order valence-electron chi connectivity index (χ2n) is 3.04. The summed E-state index contributed by atoms with van der Waals surface area (Å²) in [6, 6.07) is 3.95. The van der Waals surface area contributed by atoms with Crippen LogP contribution in [0.3, 0.4) is 0 Å². The zero-order chi connectivity index (χ0) is 11.8. The van der Waals surface area contributed by atoms with Crippen molar-refractivity contribution in [2.45, 2.75) is 10.4 Å². The van der Waals surface area contributed by atoms with Crippen molar-refractivity contribution >= 4 is 23.4 Å². The maximum Gasteiger partial charge on any atom is 0.446 e. The minimum Gasteiger partial charge on any atom is -0.482 e. The third kappa shape index (κ3) is 2.60. The molecule has 1 N–H and O–H groups in total. The predicted molar refractivity (Wildman–Crippen MR) is 52.5 cm³/mol. The van der Waals surface area contributed by atoms with Crippen molar-refractivity contribution < 1.29 is 22.7 Å². The van der Waals surface area contributed by atoms with E-state index in [9.17, 15) is 18.0 Å². The first-order chi connectivity index (χ1) is 7.44. The Bertz CT molecular complexity index is 433. The standard InChI is InChI=1S/C9H6F3NO2S/c10-9(11,12)16-5-1-2-7-6(3-5)13-8(14)4-15-7/h1-3H,4H2,(H,13,14). The molecule has 0 aliphatic carbocycles. The molecule has 2 rings (SSSR count). The van der Waals surface area contributed by atoms with Crippen LogP contribution in [0.2, 0.25) is 0 Å². The number of alkyl halides is 3. The summed E-state index contributed by atoms with van der Waals surface area (Å²) < 4.78 is 41.3. The predicted octanol–water partition coefficient (Wildman–Crippen LogP) is 2.63. The maximum absolute atomic E-state index is 12.1. The fourth-order valence-electron chi connectivity index (χ4n) is 1.26. The van der Waals surface area contributed by atoms with Crippen LogP contribution >= 0.6 is 11.8 Å². The average molecular weight is 249 g/mol. The molecule has 0 radical (unpaired) electrons. The van der Waals surface area contributed by atoms with Crippen molar-refractivity contribution in [3.05, 3.63) is 18.2 Å². The molecule has 1 amide bonds. The Morgan fingerprint density at radius 3 is 2.81 bits per heavy atom. The van der Waals surface area contributed by atoms with Crippen LogP contribution in [0.1, 0.15) is 0 Å². The Labute approximate surface area is 93.0 Å². The van der Waals surface area contributed by atoms with Crippen LogP contribution in [0.5, 0.6) is 5.75 Å². The van der Waals surface area contributed by atoms with Crippen LogP contribution in [-0.2, 0) is 4.79 Å². The Morgan fingerprint density at radius 2 is 2.12 bits per heavy atom. The van der Waals surface area contributed by atoms with Gasteiger partial charge in [-0.3, -0.25) is 4.79 Å². The van der Waals surface area contributed by atoms with E-state index in [-0.39, 0.29) is 34.9 Å². The molecule has 1 aliphatic rings. The Kier molecular flexibility index (Phi) is 2.71. The first kappa shape index (κ1) is 11.1. The Balaban J connectivity index is 2.24. The van der Waals surface area contributed by atoms with Crippen molar-refractivity contribution in [1.29, 1.82) is 0 Å². The van der Waals surface area contributed by atoms with Crippen LogP contribution in [0.25, 0.3) is 0 Å². The van der Waals surface area contributed by atoms with E-state index in [2.05, 4.69) is 5.32 Å². The topological polar surface area (TPSA) is 38.3 Å². The number of benzene rings is 1. The Morgan fingerprint density at radius 1 is 1.38 bits per heavy atom. The minimum atomic E-state index is -4.34. The monoisotopic (exact) mass is 249 g/mol. The first-order valence-corrected chi connectivity index (χ1v) is 5.08. The number of carbonyl (C=O) groups is 1. The van der Waals surface area contributed by atoms with Gasteiger partial charge in [0.1, 0.15) is 5.75 Å². The SMILES string of the molecule is O=C1COc2ccc(SC(F)(F)F)cc2N1. The number of carbonyl (C=O) groups excluding carboxylic acids is 1. The lowest BCUT2D eigenvalue weighted by Crippen LogP contribution is -2.25. The summed E-state index contributed by atoms with van der Waals surface area (Å²) in [5.74, 6) is 0.00721. The van der Waals surface area contributed by atoms with Gasteiger partial charge in [0.05, 0.1) is 5.69 Å². The molecule has 0 saturated heterocycles. The molecule has 1 aliphatic heterocycles. The number of hydrogen-bond acceptors (Lipinski definition) is 3. The smallest absolute Gasteiger partial charge is 0.446 e. The summed E-state index contributed by atoms with van der Waals surface area (Å²) >= 11 is -0.232. The van der Waals surface area contributed by atoms with Gasteiger partial charge in [0.2, 0.25) is 0 Å². The first-order valence-electron chi connectivity index (χ1n) is 4.26. The molecule has 3 nitrogen and oxygen atoms in total. The molecule has 0 aromatic heterocycles. The highest BCUT2D eigenvalue weighted by Gasteiger charge is 2.30. The highest BCUT2D eigenvalue weighted by atomic mass is 32.2. The maximum atomic E-state index is 12.1. The molecular formula is C9H6F3NO2S. The average Bonchev–Trinajstić information content (AvgIpc) is 2.14. The third-order valence-electron chi connectivity index (χ3n) is 1.82. The number of anilines is 1. The quantitative estimate of drug-likeness (QED) is 0.777. The van der Waals surface area contributed by atoms with Crippen LogP contribution < -0.4 is 10.1 Å². The number of thioether (sulfide) groups is 1. The van der Waals surface area contributed by atoms with E-state index in [1.54, 1.807) is 0 Å². The van der Waals surface area contributed by atoms with Gasteiger partial charge in [-0.1, -0.05) is 0 Å². The molecular weight excluding hydrogens is 243 g/mol. The number of nitrogens with one attached hydrogen (secondary N) is 1. The van der Waals surface area contributed by atoms with Gasteiger partial charge in [-0.05, 0) is 30.0 Å².